The molecule has 0 aromatic carbocycles. The molecule has 0 bridgehead atoms. The van der Waals surface area contributed by atoms with Gasteiger partial charge in [-0.3, -0.25) is 9.79 Å². The van der Waals surface area contributed by atoms with Crippen molar-refractivity contribution in [3.63, 3.8) is 0 Å². The van der Waals surface area contributed by atoms with Gasteiger partial charge in [0.25, 0.3) is 0 Å². The molecule has 0 saturated carbocycles. The van der Waals surface area contributed by atoms with Gasteiger partial charge < -0.3 is 10.1 Å². The fraction of sp³-hybridized carbons (Fsp3) is 0.714. The predicted octanol–water partition coefficient (Wildman–Crippen LogP) is 2.34. The van der Waals surface area contributed by atoms with Gasteiger partial charge in [-0.05, 0) is 40.2 Å². The number of allylic oxidation sites excluding steroid dienone is 1. The molecule has 0 saturated heterocycles. The summed E-state index contributed by atoms with van der Waals surface area (Å²) in [5.41, 5.74) is 3.11. The summed E-state index contributed by atoms with van der Waals surface area (Å²) in [5.74, 6) is 0. The summed E-state index contributed by atoms with van der Waals surface area (Å²) in [6, 6.07) is 0. The molecule has 1 amide bonds. The Kier molecular flexibility index (Phi) is 7.51. The number of rotatable bonds is 7. The van der Waals surface area contributed by atoms with E-state index in [1.807, 2.05) is 34.6 Å². The SMILES string of the molecule is CN=C(CCOC(C)(C)C)C(CNC=O)=C(C)C. The zero-order valence-electron chi connectivity index (χ0n) is 12.5. The Morgan fingerprint density at radius 3 is 2.33 bits per heavy atom. The van der Waals surface area contributed by atoms with E-state index in [1.54, 1.807) is 7.05 Å². The summed E-state index contributed by atoms with van der Waals surface area (Å²) in [6.45, 7) is 11.3. The second-order valence-corrected chi connectivity index (χ2v) is 5.36. The van der Waals surface area contributed by atoms with Crippen LogP contribution < -0.4 is 5.32 Å². The van der Waals surface area contributed by atoms with Gasteiger partial charge in [0.15, 0.2) is 0 Å². The van der Waals surface area contributed by atoms with Gasteiger partial charge in [0, 0.05) is 25.7 Å². The van der Waals surface area contributed by atoms with Crippen molar-refractivity contribution in [2.45, 2.75) is 46.6 Å². The minimum Gasteiger partial charge on any atom is -0.375 e. The molecule has 4 nitrogen and oxygen atoms in total. The maximum atomic E-state index is 10.4. The molecule has 18 heavy (non-hydrogen) atoms. The quantitative estimate of drug-likeness (QED) is 0.560. The fourth-order valence-corrected chi connectivity index (χ4v) is 1.56. The summed E-state index contributed by atoms with van der Waals surface area (Å²) in [6.07, 6.45) is 1.47. The lowest BCUT2D eigenvalue weighted by atomic mass is 10.0. The van der Waals surface area contributed by atoms with Gasteiger partial charge in [0.1, 0.15) is 0 Å². The first-order valence-electron chi connectivity index (χ1n) is 6.25. The summed E-state index contributed by atoms with van der Waals surface area (Å²) in [5, 5.41) is 2.69. The number of nitrogens with zero attached hydrogens (tertiary/aromatic N) is 1. The van der Waals surface area contributed by atoms with E-state index in [0.717, 1.165) is 17.7 Å². The van der Waals surface area contributed by atoms with E-state index in [4.69, 9.17) is 4.74 Å². The molecule has 4 heteroatoms. The summed E-state index contributed by atoms with van der Waals surface area (Å²) in [4.78, 5) is 14.7. The third-order valence-corrected chi connectivity index (χ3v) is 2.46. The smallest absolute Gasteiger partial charge is 0.207 e. The Balaban J connectivity index is 4.56. The van der Waals surface area contributed by atoms with Crippen LogP contribution in [0.15, 0.2) is 16.1 Å². The number of hydrogen-bond acceptors (Lipinski definition) is 3. The van der Waals surface area contributed by atoms with Crippen molar-refractivity contribution < 1.29 is 9.53 Å². The highest BCUT2D eigenvalue weighted by molar-refractivity contribution is 6.01. The van der Waals surface area contributed by atoms with Crippen LogP contribution in [0.3, 0.4) is 0 Å². The van der Waals surface area contributed by atoms with Crippen molar-refractivity contribution in [3.8, 4) is 0 Å². The topological polar surface area (TPSA) is 50.7 Å². The molecule has 0 unspecified atom stereocenters. The van der Waals surface area contributed by atoms with E-state index in [1.165, 1.54) is 5.57 Å². The molecular formula is C14H26N2O2. The van der Waals surface area contributed by atoms with Crippen LogP contribution in [-0.4, -0.2) is 37.9 Å². The third-order valence-electron chi connectivity index (χ3n) is 2.46. The van der Waals surface area contributed by atoms with Crippen LogP contribution in [0.5, 0.6) is 0 Å². The largest absolute Gasteiger partial charge is 0.375 e. The van der Waals surface area contributed by atoms with Crippen LogP contribution in [0.2, 0.25) is 0 Å². The Morgan fingerprint density at radius 2 is 1.94 bits per heavy atom. The summed E-state index contributed by atoms with van der Waals surface area (Å²) < 4.78 is 5.70. The standard InChI is InChI=1S/C14H26N2O2/c1-11(2)12(9-16-10-17)13(15-6)7-8-18-14(3,4)5/h10H,7-9H2,1-6H3,(H,16,17). The van der Waals surface area contributed by atoms with Crippen LogP contribution in [0.1, 0.15) is 41.0 Å². The number of amides is 1. The zero-order valence-corrected chi connectivity index (χ0v) is 12.5. The number of nitrogens with one attached hydrogen (secondary N) is 1. The molecule has 0 heterocycles. The Morgan fingerprint density at radius 1 is 1.33 bits per heavy atom. The first-order valence-corrected chi connectivity index (χ1v) is 6.25. The molecule has 0 aliphatic heterocycles. The Labute approximate surface area is 111 Å². The number of carbonyl (C=O) groups is 1. The van der Waals surface area contributed by atoms with E-state index in [2.05, 4.69) is 10.3 Å². The van der Waals surface area contributed by atoms with Gasteiger partial charge in [0.2, 0.25) is 6.41 Å². The lowest BCUT2D eigenvalue weighted by Gasteiger charge is -2.20. The van der Waals surface area contributed by atoms with E-state index in [-0.39, 0.29) is 5.60 Å². The number of ether oxygens (including phenoxy) is 1. The number of carbonyl (C=O) groups excluding carboxylic acids is 1. The minimum absolute atomic E-state index is 0.134. The lowest BCUT2D eigenvalue weighted by Crippen LogP contribution is -2.24. The van der Waals surface area contributed by atoms with Crippen molar-refractivity contribution in [1.29, 1.82) is 0 Å². The molecule has 104 valence electrons. The van der Waals surface area contributed by atoms with E-state index < -0.39 is 0 Å². The zero-order chi connectivity index (χ0) is 14.2. The number of aliphatic imine (C=N–C) groups is 1. The van der Waals surface area contributed by atoms with Crippen molar-refractivity contribution in [2.24, 2.45) is 4.99 Å². The van der Waals surface area contributed by atoms with Gasteiger partial charge >= 0.3 is 0 Å². The second kappa shape index (κ2) is 8.03. The highest BCUT2D eigenvalue weighted by Crippen LogP contribution is 2.11. The average molecular weight is 254 g/mol. The van der Waals surface area contributed by atoms with E-state index >= 15 is 0 Å². The first kappa shape index (κ1) is 16.8. The molecule has 0 radical (unpaired) electrons. The Hall–Kier alpha value is -1.16. The molecule has 0 aromatic heterocycles. The van der Waals surface area contributed by atoms with Crippen LogP contribution in [0.4, 0.5) is 0 Å². The van der Waals surface area contributed by atoms with Crippen LogP contribution >= 0.6 is 0 Å². The molecule has 0 aromatic rings. The minimum atomic E-state index is -0.134. The van der Waals surface area contributed by atoms with Gasteiger partial charge in [-0.25, -0.2) is 0 Å². The van der Waals surface area contributed by atoms with Crippen molar-refractivity contribution in [1.82, 2.24) is 5.32 Å². The normalized spacial score (nSPS) is 12.2. The van der Waals surface area contributed by atoms with Gasteiger partial charge in [0.05, 0.1) is 12.2 Å². The maximum absolute atomic E-state index is 10.4. The van der Waals surface area contributed by atoms with E-state index in [9.17, 15) is 4.79 Å². The highest BCUT2D eigenvalue weighted by Gasteiger charge is 2.12. The monoisotopic (exact) mass is 254 g/mol. The highest BCUT2D eigenvalue weighted by atomic mass is 16.5. The molecule has 0 fully saturated rings. The molecule has 0 rings (SSSR count). The number of hydrogen-bond donors (Lipinski definition) is 1. The van der Waals surface area contributed by atoms with Crippen LogP contribution in [0, 0.1) is 0 Å². The Bertz CT molecular complexity index is 321. The molecule has 0 spiro atoms. The van der Waals surface area contributed by atoms with Gasteiger partial charge in [-0.1, -0.05) is 5.57 Å². The predicted molar refractivity (Wildman–Crippen MR) is 76.1 cm³/mol. The maximum Gasteiger partial charge on any atom is 0.207 e. The van der Waals surface area contributed by atoms with Crippen molar-refractivity contribution in [3.05, 3.63) is 11.1 Å². The van der Waals surface area contributed by atoms with Crippen molar-refractivity contribution >= 4 is 12.1 Å². The van der Waals surface area contributed by atoms with Gasteiger partial charge in [-0.15, -0.1) is 0 Å². The van der Waals surface area contributed by atoms with E-state index in [0.29, 0.717) is 19.6 Å². The molecular weight excluding hydrogens is 228 g/mol. The first-order chi connectivity index (χ1) is 8.31. The average Bonchev–Trinajstić information content (AvgIpc) is 2.25. The lowest BCUT2D eigenvalue weighted by molar-refractivity contribution is -0.109. The molecule has 0 atom stereocenters. The summed E-state index contributed by atoms with van der Waals surface area (Å²) >= 11 is 0. The molecule has 0 aliphatic carbocycles. The van der Waals surface area contributed by atoms with Crippen LogP contribution in [-0.2, 0) is 9.53 Å². The summed E-state index contributed by atoms with van der Waals surface area (Å²) in [7, 11) is 1.77. The van der Waals surface area contributed by atoms with Crippen molar-refractivity contribution in [2.75, 3.05) is 20.2 Å². The van der Waals surface area contributed by atoms with Crippen LogP contribution in [0.25, 0.3) is 0 Å². The van der Waals surface area contributed by atoms with Gasteiger partial charge in [-0.2, -0.15) is 0 Å². The molecule has 1 N–H and O–H groups in total. The fourth-order valence-electron chi connectivity index (χ4n) is 1.56. The third kappa shape index (κ3) is 7.22. The molecule has 0 aliphatic rings. The second-order valence-electron chi connectivity index (χ2n) is 5.36.